The van der Waals surface area contributed by atoms with Crippen molar-refractivity contribution in [3.05, 3.63) is 35.4 Å². The summed E-state index contributed by atoms with van der Waals surface area (Å²) in [6.45, 7) is 6.77. The largest absolute Gasteiger partial charge is 0.325 e. The van der Waals surface area contributed by atoms with E-state index in [9.17, 15) is 8.78 Å². The highest BCUT2D eigenvalue weighted by Gasteiger charge is 2.36. The topological polar surface area (TPSA) is 26.0 Å². The molecule has 112 valence electrons. The molecule has 0 amide bonds. The van der Waals surface area contributed by atoms with Crippen LogP contribution < -0.4 is 5.73 Å². The van der Waals surface area contributed by atoms with Crippen LogP contribution >= 0.6 is 0 Å². The predicted octanol–water partition coefficient (Wildman–Crippen LogP) is 4.44. The molecule has 1 aromatic rings. The van der Waals surface area contributed by atoms with Gasteiger partial charge in [-0.3, -0.25) is 0 Å². The molecular formula is C17H25F2N. The Hall–Kier alpha value is -0.960. The van der Waals surface area contributed by atoms with Crippen molar-refractivity contribution >= 4 is 0 Å². The summed E-state index contributed by atoms with van der Waals surface area (Å²) in [6, 6.07) is 4.35. The minimum absolute atomic E-state index is 0.297. The molecule has 0 aromatic heterocycles. The standard InChI is InChI=1S/C17H25F2N/c1-16(2,3)13-7-9-17(20,10-8-13)11-12-5-4-6-14(18)15(12)19/h4-6,13H,7-11,20H2,1-3H3. The van der Waals surface area contributed by atoms with Crippen LogP contribution in [0.15, 0.2) is 18.2 Å². The van der Waals surface area contributed by atoms with Gasteiger partial charge in [-0.1, -0.05) is 32.9 Å². The summed E-state index contributed by atoms with van der Waals surface area (Å²) < 4.78 is 27.0. The van der Waals surface area contributed by atoms with Gasteiger partial charge in [0.25, 0.3) is 0 Å². The van der Waals surface area contributed by atoms with Crippen molar-refractivity contribution in [1.82, 2.24) is 0 Å². The fourth-order valence-corrected chi connectivity index (χ4v) is 3.30. The highest BCUT2D eigenvalue weighted by Crippen LogP contribution is 2.41. The highest BCUT2D eigenvalue weighted by atomic mass is 19.2. The van der Waals surface area contributed by atoms with Crippen LogP contribution in [-0.4, -0.2) is 5.54 Å². The van der Waals surface area contributed by atoms with Crippen molar-refractivity contribution in [3.63, 3.8) is 0 Å². The third-order valence-corrected chi connectivity index (χ3v) is 4.78. The third-order valence-electron chi connectivity index (χ3n) is 4.78. The van der Waals surface area contributed by atoms with Crippen LogP contribution in [0, 0.1) is 23.0 Å². The van der Waals surface area contributed by atoms with E-state index in [1.54, 1.807) is 12.1 Å². The molecule has 2 rings (SSSR count). The van der Waals surface area contributed by atoms with Gasteiger partial charge in [-0.05, 0) is 55.1 Å². The predicted molar refractivity (Wildman–Crippen MR) is 78.4 cm³/mol. The fraction of sp³-hybridized carbons (Fsp3) is 0.647. The number of halogens is 2. The molecule has 1 aliphatic carbocycles. The molecule has 0 heterocycles. The maximum absolute atomic E-state index is 13.8. The minimum atomic E-state index is -0.783. The molecule has 0 unspecified atom stereocenters. The van der Waals surface area contributed by atoms with Gasteiger partial charge in [0.05, 0.1) is 0 Å². The molecule has 0 radical (unpaired) electrons. The Balaban J connectivity index is 2.05. The summed E-state index contributed by atoms with van der Waals surface area (Å²) in [5.74, 6) is -0.860. The second kappa shape index (κ2) is 5.44. The quantitative estimate of drug-likeness (QED) is 0.852. The molecule has 20 heavy (non-hydrogen) atoms. The van der Waals surface area contributed by atoms with Gasteiger partial charge in [-0.2, -0.15) is 0 Å². The molecular weight excluding hydrogens is 256 g/mol. The molecule has 1 saturated carbocycles. The van der Waals surface area contributed by atoms with E-state index < -0.39 is 17.2 Å². The lowest BCUT2D eigenvalue weighted by molar-refractivity contribution is 0.133. The number of hydrogen-bond acceptors (Lipinski definition) is 1. The van der Waals surface area contributed by atoms with Gasteiger partial charge in [-0.15, -0.1) is 0 Å². The van der Waals surface area contributed by atoms with Gasteiger partial charge >= 0.3 is 0 Å². The SMILES string of the molecule is CC(C)(C)C1CCC(N)(Cc2cccc(F)c2F)CC1. The van der Waals surface area contributed by atoms with E-state index in [4.69, 9.17) is 5.73 Å². The summed E-state index contributed by atoms with van der Waals surface area (Å²) in [4.78, 5) is 0. The summed E-state index contributed by atoms with van der Waals surface area (Å²) in [5, 5.41) is 0. The Kier molecular flexibility index (Phi) is 4.19. The molecule has 1 fully saturated rings. The lowest BCUT2D eigenvalue weighted by Gasteiger charge is -2.42. The van der Waals surface area contributed by atoms with Crippen LogP contribution in [0.1, 0.15) is 52.0 Å². The highest BCUT2D eigenvalue weighted by molar-refractivity contribution is 5.21. The normalized spacial score (nSPS) is 27.6. The van der Waals surface area contributed by atoms with Crippen molar-refractivity contribution in [2.45, 2.75) is 58.4 Å². The molecule has 0 aliphatic heterocycles. The number of hydrogen-bond donors (Lipinski definition) is 1. The van der Waals surface area contributed by atoms with E-state index in [1.165, 1.54) is 0 Å². The van der Waals surface area contributed by atoms with Crippen LogP contribution in [-0.2, 0) is 6.42 Å². The Morgan fingerprint density at radius 2 is 1.80 bits per heavy atom. The molecule has 2 N–H and O–H groups in total. The average Bonchev–Trinajstić information content (AvgIpc) is 2.34. The van der Waals surface area contributed by atoms with E-state index in [2.05, 4.69) is 20.8 Å². The van der Waals surface area contributed by atoms with E-state index in [0.29, 0.717) is 23.3 Å². The molecule has 1 nitrogen and oxygen atoms in total. The van der Waals surface area contributed by atoms with Crippen molar-refractivity contribution in [3.8, 4) is 0 Å². The smallest absolute Gasteiger partial charge is 0.162 e. The maximum atomic E-state index is 13.8. The van der Waals surface area contributed by atoms with Gasteiger partial charge in [-0.25, -0.2) is 8.78 Å². The van der Waals surface area contributed by atoms with Crippen molar-refractivity contribution in [2.24, 2.45) is 17.1 Å². The first-order valence-electron chi connectivity index (χ1n) is 7.43. The van der Waals surface area contributed by atoms with Gasteiger partial charge in [0.15, 0.2) is 11.6 Å². The molecule has 0 atom stereocenters. The molecule has 3 heteroatoms. The first-order valence-corrected chi connectivity index (χ1v) is 7.43. The first-order chi connectivity index (χ1) is 9.21. The Morgan fingerprint density at radius 3 is 2.35 bits per heavy atom. The van der Waals surface area contributed by atoms with Crippen LogP contribution in [0.3, 0.4) is 0 Å². The average molecular weight is 281 g/mol. The number of benzene rings is 1. The zero-order valence-electron chi connectivity index (χ0n) is 12.7. The fourth-order valence-electron chi connectivity index (χ4n) is 3.30. The summed E-state index contributed by atoms with van der Waals surface area (Å²) >= 11 is 0. The van der Waals surface area contributed by atoms with Crippen LogP contribution in [0.25, 0.3) is 0 Å². The molecule has 0 saturated heterocycles. The van der Waals surface area contributed by atoms with Gasteiger partial charge in [0.2, 0.25) is 0 Å². The Labute approximate surface area is 120 Å². The van der Waals surface area contributed by atoms with Gasteiger partial charge < -0.3 is 5.73 Å². The molecule has 0 spiro atoms. The molecule has 1 aliphatic rings. The van der Waals surface area contributed by atoms with Crippen LogP contribution in [0.4, 0.5) is 8.78 Å². The number of nitrogens with two attached hydrogens (primary N) is 1. The lowest BCUT2D eigenvalue weighted by Crippen LogP contribution is -2.47. The second-order valence-electron chi connectivity index (χ2n) is 7.39. The number of rotatable bonds is 2. The zero-order valence-corrected chi connectivity index (χ0v) is 12.7. The minimum Gasteiger partial charge on any atom is -0.325 e. The summed E-state index contributed by atoms with van der Waals surface area (Å²) in [7, 11) is 0. The molecule has 0 bridgehead atoms. The zero-order chi connectivity index (χ0) is 15.0. The first kappa shape index (κ1) is 15.4. The second-order valence-corrected chi connectivity index (χ2v) is 7.39. The van der Waals surface area contributed by atoms with E-state index >= 15 is 0 Å². The molecule has 1 aromatic carbocycles. The van der Waals surface area contributed by atoms with Crippen molar-refractivity contribution < 1.29 is 8.78 Å². The van der Waals surface area contributed by atoms with Crippen LogP contribution in [0.2, 0.25) is 0 Å². The maximum Gasteiger partial charge on any atom is 0.162 e. The van der Waals surface area contributed by atoms with Gasteiger partial charge in [0.1, 0.15) is 0 Å². The van der Waals surface area contributed by atoms with Crippen molar-refractivity contribution in [2.75, 3.05) is 0 Å². The van der Waals surface area contributed by atoms with E-state index in [1.807, 2.05) is 0 Å². The Morgan fingerprint density at radius 1 is 1.20 bits per heavy atom. The van der Waals surface area contributed by atoms with E-state index in [0.717, 1.165) is 31.7 Å². The summed E-state index contributed by atoms with van der Waals surface area (Å²) in [5.41, 5.74) is 6.74. The van der Waals surface area contributed by atoms with Crippen LogP contribution in [0.5, 0.6) is 0 Å². The Bertz CT molecular complexity index is 468. The monoisotopic (exact) mass is 281 g/mol. The van der Waals surface area contributed by atoms with Gasteiger partial charge in [0, 0.05) is 5.54 Å². The third kappa shape index (κ3) is 3.38. The summed E-state index contributed by atoms with van der Waals surface area (Å²) in [6.07, 6.45) is 4.32. The lowest BCUT2D eigenvalue weighted by atomic mass is 9.66. The van der Waals surface area contributed by atoms with Crippen molar-refractivity contribution in [1.29, 1.82) is 0 Å². The van der Waals surface area contributed by atoms with E-state index in [-0.39, 0.29) is 0 Å².